The summed E-state index contributed by atoms with van der Waals surface area (Å²) in [5.41, 5.74) is -0.318. The molecule has 0 amide bonds. The van der Waals surface area contributed by atoms with Crippen molar-refractivity contribution in [3.05, 3.63) is 42.2 Å². The molecular formula is C12H12FN5O2S. The number of hydrogen-bond acceptors (Lipinski definition) is 5. The van der Waals surface area contributed by atoms with E-state index >= 15 is 0 Å². The Bertz CT molecular complexity index is 767. The second kappa shape index (κ2) is 5.99. The summed E-state index contributed by atoms with van der Waals surface area (Å²) in [6.07, 6.45) is 2.82. The van der Waals surface area contributed by atoms with Gasteiger partial charge in [0.25, 0.3) is 0 Å². The summed E-state index contributed by atoms with van der Waals surface area (Å²) in [4.78, 5) is 3.60. The highest BCUT2D eigenvalue weighted by atomic mass is 32.2. The molecule has 2 rings (SSSR count). The van der Waals surface area contributed by atoms with Crippen LogP contribution in [0, 0.1) is 17.1 Å². The van der Waals surface area contributed by atoms with Crippen LogP contribution >= 0.6 is 0 Å². The van der Waals surface area contributed by atoms with E-state index in [4.69, 9.17) is 5.26 Å². The lowest BCUT2D eigenvalue weighted by molar-refractivity contribution is 0.493. The van der Waals surface area contributed by atoms with Gasteiger partial charge >= 0.3 is 0 Å². The molecule has 0 spiro atoms. The Morgan fingerprint density at radius 1 is 1.52 bits per heavy atom. The highest BCUT2D eigenvalue weighted by Gasteiger charge is 2.19. The van der Waals surface area contributed by atoms with Gasteiger partial charge in [-0.1, -0.05) is 0 Å². The molecular weight excluding hydrogens is 297 g/mol. The van der Waals surface area contributed by atoms with E-state index < -0.39 is 21.9 Å². The number of sulfonamides is 1. The van der Waals surface area contributed by atoms with Gasteiger partial charge in [0.1, 0.15) is 24.5 Å². The van der Waals surface area contributed by atoms with E-state index in [1.165, 1.54) is 17.3 Å². The number of rotatable bonds is 5. The van der Waals surface area contributed by atoms with Gasteiger partial charge in [-0.15, -0.1) is 0 Å². The topological polar surface area (TPSA) is 101 Å². The van der Waals surface area contributed by atoms with Crippen LogP contribution in [0.3, 0.4) is 0 Å². The van der Waals surface area contributed by atoms with Crippen LogP contribution in [-0.4, -0.2) is 29.2 Å². The first-order valence-corrected chi connectivity index (χ1v) is 7.45. The monoisotopic (exact) mass is 309 g/mol. The molecule has 0 unspecified atom stereocenters. The van der Waals surface area contributed by atoms with Crippen molar-refractivity contribution in [3.8, 4) is 6.07 Å². The van der Waals surface area contributed by atoms with Crippen molar-refractivity contribution < 1.29 is 12.8 Å². The Morgan fingerprint density at radius 2 is 2.29 bits per heavy atom. The molecule has 0 aliphatic carbocycles. The van der Waals surface area contributed by atoms with E-state index in [2.05, 4.69) is 14.8 Å². The van der Waals surface area contributed by atoms with Crippen LogP contribution in [0.15, 0.2) is 35.7 Å². The molecule has 0 aliphatic heterocycles. The van der Waals surface area contributed by atoms with Gasteiger partial charge < -0.3 is 0 Å². The van der Waals surface area contributed by atoms with Crippen LogP contribution in [0.5, 0.6) is 0 Å². The fourth-order valence-corrected chi connectivity index (χ4v) is 3.00. The predicted octanol–water partition coefficient (Wildman–Crippen LogP) is 0.656. The van der Waals surface area contributed by atoms with Crippen LogP contribution in [0.4, 0.5) is 4.39 Å². The Kier molecular flexibility index (Phi) is 4.30. The molecule has 1 heterocycles. The molecule has 1 N–H and O–H groups in total. The average Bonchev–Trinajstić information content (AvgIpc) is 2.91. The maximum Gasteiger partial charge on any atom is 0.240 e. The fourth-order valence-electron chi connectivity index (χ4n) is 1.73. The minimum atomic E-state index is -3.84. The summed E-state index contributed by atoms with van der Waals surface area (Å²) in [5.74, 6) is -0.757. The summed E-state index contributed by atoms with van der Waals surface area (Å²) in [5, 5.41) is 12.6. The Morgan fingerprint density at radius 3 is 2.90 bits per heavy atom. The Hall–Kier alpha value is -2.31. The number of hydrogen-bond donors (Lipinski definition) is 1. The van der Waals surface area contributed by atoms with Crippen molar-refractivity contribution in [2.75, 3.05) is 0 Å². The normalized spacial score (nSPS) is 12.8. The SMILES string of the molecule is C[C@H](Cn1cncn1)NS(=O)(=O)c1ccc(F)c(C#N)c1. The van der Waals surface area contributed by atoms with Crippen molar-refractivity contribution >= 4 is 10.0 Å². The van der Waals surface area contributed by atoms with E-state index in [1.54, 1.807) is 13.0 Å². The van der Waals surface area contributed by atoms with Gasteiger partial charge in [0.05, 0.1) is 17.0 Å². The first-order valence-electron chi connectivity index (χ1n) is 5.97. The maximum atomic E-state index is 13.2. The van der Waals surface area contributed by atoms with E-state index in [-0.39, 0.29) is 10.5 Å². The van der Waals surface area contributed by atoms with Crippen molar-refractivity contribution in [2.24, 2.45) is 0 Å². The van der Waals surface area contributed by atoms with Gasteiger partial charge in [-0.05, 0) is 25.1 Å². The molecule has 0 aliphatic rings. The number of nitrogens with zero attached hydrogens (tertiary/aromatic N) is 4. The average molecular weight is 309 g/mol. The second-order valence-electron chi connectivity index (χ2n) is 4.39. The molecule has 110 valence electrons. The Labute approximate surface area is 121 Å². The van der Waals surface area contributed by atoms with Gasteiger partial charge in [-0.25, -0.2) is 22.5 Å². The lowest BCUT2D eigenvalue weighted by Gasteiger charge is -2.14. The number of halogens is 1. The molecule has 0 radical (unpaired) electrons. The van der Waals surface area contributed by atoms with E-state index in [0.717, 1.165) is 18.2 Å². The molecule has 0 fully saturated rings. The minimum Gasteiger partial charge on any atom is -0.251 e. The summed E-state index contributed by atoms with van der Waals surface area (Å²) in [6.45, 7) is 1.96. The van der Waals surface area contributed by atoms with Crippen molar-refractivity contribution in [1.82, 2.24) is 19.5 Å². The summed E-state index contributed by atoms with van der Waals surface area (Å²) in [6, 6.07) is 4.22. The largest absolute Gasteiger partial charge is 0.251 e. The highest BCUT2D eigenvalue weighted by molar-refractivity contribution is 7.89. The molecule has 9 heteroatoms. The van der Waals surface area contributed by atoms with E-state index in [0.29, 0.717) is 6.54 Å². The molecule has 1 aromatic carbocycles. The molecule has 7 nitrogen and oxygen atoms in total. The zero-order valence-electron chi connectivity index (χ0n) is 11.1. The van der Waals surface area contributed by atoms with E-state index in [9.17, 15) is 12.8 Å². The summed E-state index contributed by atoms with van der Waals surface area (Å²) >= 11 is 0. The van der Waals surface area contributed by atoms with Crippen LogP contribution in [-0.2, 0) is 16.6 Å². The van der Waals surface area contributed by atoms with Gasteiger partial charge in [-0.2, -0.15) is 10.4 Å². The number of aromatic nitrogens is 3. The van der Waals surface area contributed by atoms with Gasteiger partial charge in [0, 0.05) is 6.04 Å². The third kappa shape index (κ3) is 3.62. The summed E-state index contributed by atoms with van der Waals surface area (Å²) in [7, 11) is -3.84. The maximum absolute atomic E-state index is 13.2. The smallest absolute Gasteiger partial charge is 0.240 e. The third-order valence-electron chi connectivity index (χ3n) is 2.65. The number of nitrogens with one attached hydrogen (secondary N) is 1. The highest BCUT2D eigenvalue weighted by Crippen LogP contribution is 2.14. The van der Waals surface area contributed by atoms with Gasteiger partial charge in [0.15, 0.2) is 0 Å². The molecule has 21 heavy (non-hydrogen) atoms. The molecule has 0 saturated heterocycles. The van der Waals surface area contributed by atoms with Crippen LogP contribution in [0.2, 0.25) is 0 Å². The first-order chi connectivity index (χ1) is 9.92. The summed E-state index contributed by atoms with van der Waals surface area (Å²) < 4.78 is 41.5. The van der Waals surface area contributed by atoms with Crippen LogP contribution < -0.4 is 4.72 Å². The second-order valence-corrected chi connectivity index (χ2v) is 6.11. The zero-order chi connectivity index (χ0) is 15.5. The number of benzene rings is 1. The van der Waals surface area contributed by atoms with Crippen molar-refractivity contribution in [2.45, 2.75) is 24.4 Å². The van der Waals surface area contributed by atoms with Gasteiger partial charge in [0.2, 0.25) is 10.0 Å². The Balaban J connectivity index is 2.16. The molecule has 2 aromatic rings. The van der Waals surface area contributed by atoms with E-state index in [1.807, 2.05) is 0 Å². The molecule has 0 saturated carbocycles. The molecule has 1 atom stereocenters. The quantitative estimate of drug-likeness (QED) is 0.874. The first kappa shape index (κ1) is 15.1. The fraction of sp³-hybridized carbons (Fsp3) is 0.250. The molecule has 1 aromatic heterocycles. The standard InChI is InChI=1S/C12H12FN5O2S/c1-9(6-18-8-15-7-16-18)17-21(19,20)11-2-3-12(13)10(4-11)5-14/h2-4,7-9,17H,6H2,1H3/t9-/m1/s1. The van der Waals surface area contributed by atoms with Crippen molar-refractivity contribution in [1.29, 1.82) is 5.26 Å². The number of nitriles is 1. The minimum absolute atomic E-state index is 0.161. The molecule has 0 bridgehead atoms. The van der Waals surface area contributed by atoms with Crippen LogP contribution in [0.1, 0.15) is 12.5 Å². The van der Waals surface area contributed by atoms with Crippen LogP contribution in [0.25, 0.3) is 0 Å². The van der Waals surface area contributed by atoms with Gasteiger partial charge in [-0.3, -0.25) is 4.68 Å². The predicted molar refractivity (Wildman–Crippen MR) is 70.9 cm³/mol. The van der Waals surface area contributed by atoms with Crippen molar-refractivity contribution in [3.63, 3.8) is 0 Å². The lowest BCUT2D eigenvalue weighted by Crippen LogP contribution is -2.35. The zero-order valence-corrected chi connectivity index (χ0v) is 11.9. The lowest BCUT2D eigenvalue weighted by atomic mass is 10.2. The third-order valence-corrected chi connectivity index (χ3v) is 4.24.